The van der Waals surface area contributed by atoms with E-state index in [1.165, 1.54) is 33.3 Å². The number of anilines is 1. The van der Waals surface area contributed by atoms with Crippen LogP contribution in [0.4, 0.5) is 5.69 Å². The molecule has 7 nitrogen and oxygen atoms in total. The fraction of sp³-hybridized carbons (Fsp3) is 0.486. The molecule has 0 bridgehead atoms. The van der Waals surface area contributed by atoms with Crippen molar-refractivity contribution >= 4 is 21.3 Å². The average Bonchev–Trinajstić information content (AvgIpc) is 3.06. The zero-order chi connectivity index (χ0) is 30.5. The molecule has 0 radical (unpaired) electrons. The van der Waals surface area contributed by atoms with Gasteiger partial charge in [-0.3, -0.25) is 0 Å². The highest BCUT2D eigenvalue weighted by Gasteiger charge is 2.36. The third kappa shape index (κ3) is 5.00. The van der Waals surface area contributed by atoms with Crippen molar-refractivity contribution in [2.75, 3.05) is 44.2 Å². The highest BCUT2D eigenvalue weighted by molar-refractivity contribution is 7.94. The number of benzene rings is 3. The Kier molecular flexibility index (Phi) is 7.70. The number of unbranched alkanes of at least 4 members (excludes halogenated alkanes) is 3. The van der Waals surface area contributed by atoms with Crippen molar-refractivity contribution in [1.29, 1.82) is 0 Å². The van der Waals surface area contributed by atoms with Crippen molar-refractivity contribution < 1.29 is 13.2 Å². The summed E-state index contributed by atoms with van der Waals surface area (Å²) in [6, 6.07) is 12.2. The van der Waals surface area contributed by atoms with Gasteiger partial charge in [0.05, 0.1) is 10.5 Å². The van der Waals surface area contributed by atoms with Crippen LogP contribution in [-0.2, 0) is 35.7 Å². The molecule has 3 aromatic carbocycles. The van der Waals surface area contributed by atoms with E-state index < -0.39 is 10.0 Å². The molecule has 0 spiro atoms. The second-order valence-electron chi connectivity index (χ2n) is 13.4. The first kappa shape index (κ1) is 29.2. The summed E-state index contributed by atoms with van der Waals surface area (Å²) < 4.78 is 42.0. The van der Waals surface area contributed by atoms with E-state index in [2.05, 4.69) is 26.3 Å². The summed E-state index contributed by atoms with van der Waals surface area (Å²) in [5, 5.41) is 2.41. The largest absolute Gasteiger partial charge is 0.545 e. The topological polar surface area (TPSA) is 89.7 Å². The second kappa shape index (κ2) is 11.9. The highest BCUT2D eigenvalue weighted by Crippen LogP contribution is 2.49. The lowest BCUT2D eigenvalue weighted by Gasteiger charge is -2.39. The Morgan fingerprint density at radius 3 is 2.44 bits per heavy atom. The van der Waals surface area contributed by atoms with Crippen LogP contribution in [0.15, 0.2) is 41.3 Å². The van der Waals surface area contributed by atoms with E-state index in [1.54, 1.807) is 6.07 Å². The van der Waals surface area contributed by atoms with Gasteiger partial charge in [-0.15, -0.1) is 6.54 Å². The molecule has 5 aliphatic rings. The fourth-order valence-corrected chi connectivity index (χ4v) is 9.77. The zero-order valence-corrected chi connectivity index (χ0v) is 27.1. The summed E-state index contributed by atoms with van der Waals surface area (Å²) in [7, 11) is -3.88. The minimum atomic E-state index is -3.88. The van der Waals surface area contributed by atoms with E-state index in [4.69, 9.17) is 10.5 Å². The maximum atomic E-state index is 14.0. The Morgan fingerprint density at radius 2 is 1.58 bits per heavy atom. The number of hydrogen-bond acceptors (Lipinski definition) is 5. The van der Waals surface area contributed by atoms with Gasteiger partial charge >= 0.3 is 0 Å². The molecule has 8 rings (SSSR count). The maximum Gasteiger partial charge on any atom is 0.210 e. The van der Waals surface area contributed by atoms with Crippen molar-refractivity contribution in [2.24, 2.45) is 5.73 Å². The van der Waals surface area contributed by atoms with Gasteiger partial charge in [0.15, 0.2) is 0 Å². The average molecular weight is 625 g/mol. The quantitative estimate of drug-likeness (QED) is 0.215. The lowest BCUT2D eigenvalue weighted by atomic mass is 9.82. The molecule has 0 aliphatic carbocycles. The molecule has 0 atom stereocenters. The van der Waals surface area contributed by atoms with E-state index in [9.17, 15) is 8.42 Å². The number of ether oxygens (including phenoxy) is 1. The van der Waals surface area contributed by atoms with Crippen LogP contribution in [0, 0.1) is 0 Å². The van der Waals surface area contributed by atoms with Crippen molar-refractivity contribution in [2.45, 2.75) is 81.9 Å². The summed E-state index contributed by atoms with van der Waals surface area (Å²) in [6.45, 7) is 5.33. The minimum absolute atomic E-state index is 0.293. The zero-order valence-electron chi connectivity index (χ0n) is 26.2. The van der Waals surface area contributed by atoms with E-state index in [0.29, 0.717) is 18.0 Å². The Balaban J connectivity index is 1.36. The fourth-order valence-electron chi connectivity index (χ4n) is 8.57. The molecule has 0 saturated heterocycles. The first-order valence-electron chi connectivity index (χ1n) is 17.2. The van der Waals surface area contributed by atoms with Crippen LogP contribution in [0.1, 0.15) is 84.7 Å². The predicted molar refractivity (Wildman–Crippen MR) is 180 cm³/mol. The van der Waals surface area contributed by atoms with Crippen molar-refractivity contribution in [3.8, 4) is 11.5 Å². The molecule has 0 aromatic heterocycles. The summed E-state index contributed by atoms with van der Waals surface area (Å²) in [4.78, 5) is 2.85. The van der Waals surface area contributed by atoms with Crippen LogP contribution < -0.4 is 30.5 Å². The number of aryl methyl sites for hydroxylation is 2. The van der Waals surface area contributed by atoms with Gasteiger partial charge in [0.25, 0.3) is 0 Å². The van der Waals surface area contributed by atoms with Crippen LogP contribution in [-0.4, -0.2) is 47.7 Å². The van der Waals surface area contributed by atoms with Gasteiger partial charge in [0, 0.05) is 64.7 Å². The van der Waals surface area contributed by atoms with Crippen LogP contribution in [0.2, 0.25) is 0 Å². The first-order chi connectivity index (χ1) is 22.0. The lowest BCUT2D eigenvalue weighted by Crippen LogP contribution is -2.45. The molecule has 236 valence electrons. The molecule has 0 fully saturated rings. The number of sulfonamides is 1. The van der Waals surface area contributed by atoms with Crippen molar-refractivity contribution in [3.63, 3.8) is 0 Å². The molecule has 2 N–H and O–H groups in total. The van der Waals surface area contributed by atoms with Crippen molar-refractivity contribution in [3.05, 3.63) is 85.1 Å². The van der Waals surface area contributed by atoms with E-state index in [0.717, 1.165) is 137 Å². The van der Waals surface area contributed by atoms with Crippen LogP contribution in [0.25, 0.3) is 10.3 Å². The molecule has 5 heterocycles. The van der Waals surface area contributed by atoms with Gasteiger partial charge in [0.2, 0.25) is 5.36 Å². The Hall–Kier alpha value is -3.20. The summed E-state index contributed by atoms with van der Waals surface area (Å²) >= 11 is 0. The van der Waals surface area contributed by atoms with Gasteiger partial charge < -0.3 is 20.1 Å². The standard InChI is InChI=1S/C37H44N4O3S/c38-17-5-1-2-6-18-39-45(42,43)32-16-4-3-13-27(32)33-30-23-25-11-7-19-40-21-9-14-28(34(25)40)36(30)44-37-29-15-10-22-41-20-8-12-26(35(29)41)24-31(33)37/h3-4,13,16,23-24H,1-2,5-12,14-15,17-22,38H2. The summed E-state index contributed by atoms with van der Waals surface area (Å²) in [6.07, 6.45) is 12.2. The predicted octanol–water partition coefficient (Wildman–Crippen LogP) is 4.70. The molecule has 3 aromatic rings. The van der Waals surface area contributed by atoms with Gasteiger partial charge in [-0.1, -0.05) is 37.5 Å². The van der Waals surface area contributed by atoms with Crippen LogP contribution in [0.3, 0.4) is 0 Å². The molecular weight excluding hydrogens is 580 g/mol. The normalized spacial score (nSPS) is 18.1. The molecule has 45 heavy (non-hydrogen) atoms. The number of hydrogen-bond donors (Lipinski definition) is 1. The Morgan fingerprint density at radius 1 is 0.822 bits per heavy atom. The van der Waals surface area contributed by atoms with Crippen LogP contribution >= 0.6 is 0 Å². The number of rotatable bonds is 9. The van der Waals surface area contributed by atoms with Crippen LogP contribution in [0.5, 0.6) is 11.5 Å². The number of fused-ring (bicyclic) bond motifs is 4. The monoisotopic (exact) mass is 624 g/mol. The number of nitrogens with zero attached hydrogens (tertiary/aromatic N) is 3. The van der Waals surface area contributed by atoms with E-state index in [-0.39, 0.29) is 0 Å². The molecular formula is C37H44N4O3S. The summed E-state index contributed by atoms with van der Waals surface area (Å²) in [5.41, 5.74) is 15.1. The highest BCUT2D eigenvalue weighted by atomic mass is 32.2. The van der Waals surface area contributed by atoms with Gasteiger partial charge in [-0.05, 0) is 75.3 Å². The van der Waals surface area contributed by atoms with Crippen molar-refractivity contribution in [1.82, 2.24) is 4.58 Å². The van der Waals surface area contributed by atoms with E-state index in [1.807, 2.05) is 18.2 Å². The smallest absolute Gasteiger partial charge is 0.210 e. The number of nitrogens with two attached hydrogens (primary N) is 1. The third-order valence-corrected chi connectivity index (χ3v) is 11.9. The summed E-state index contributed by atoms with van der Waals surface area (Å²) in [5.74, 6) is 1.88. The van der Waals surface area contributed by atoms with E-state index >= 15 is 0 Å². The molecule has 8 heteroatoms. The Labute approximate surface area is 266 Å². The molecule has 0 amide bonds. The first-order valence-corrected chi connectivity index (χ1v) is 18.7. The molecule has 5 aliphatic heterocycles. The molecule has 0 unspecified atom stereocenters. The maximum absolute atomic E-state index is 14.0. The second-order valence-corrected chi connectivity index (χ2v) is 15.0. The molecule has 0 saturated carbocycles. The third-order valence-electron chi connectivity index (χ3n) is 10.5. The SMILES string of the molecule is NCCCCCC[N-]S(=O)(=O)c1ccccc1C1=c2cc3c4c(c2Oc2c1cc1c5c2CCCN5CCC1)CCC[N+]=4CCC3. The van der Waals surface area contributed by atoms with Gasteiger partial charge in [0.1, 0.15) is 34.6 Å². The van der Waals surface area contributed by atoms with Gasteiger partial charge in [-0.25, -0.2) is 13.0 Å². The minimum Gasteiger partial charge on any atom is -0.545 e. The Bertz CT molecular complexity index is 1910. The lowest BCUT2D eigenvalue weighted by molar-refractivity contribution is 0.431. The van der Waals surface area contributed by atoms with Gasteiger partial charge in [-0.2, -0.15) is 0 Å².